The van der Waals surface area contributed by atoms with E-state index in [0.29, 0.717) is 16.7 Å². The van der Waals surface area contributed by atoms with Gasteiger partial charge in [0.05, 0.1) is 29.2 Å². The maximum atomic E-state index is 14.1. The van der Waals surface area contributed by atoms with Crippen molar-refractivity contribution >= 4 is 50.8 Å². The summed E-state index contributed by atoms with van der Waals surface area (Å²) >= 11 is 3.37. The molecule has 0 unspecified atom stereocenters. The van der Waals surface area contributed by atoms with Gasteiger partial charge in [-0.25, -0.2) is 0 Å². The zero-order chi connectivity index (χ0) is 28.5. The molecule has 5 rings (SSSR count). The van der Waals surface area contributed by atoms with Crippen molar-refractivity contribution in [2.45, 2.75) is 17.7 Å². The molecule has 0 saturated heterocycles. The number of hydrogen-bond donors (Lipinski definition) is 6. The Hall–Kier alpha value is -3.77. The number of carbonyl (C=O) groups excluding carboxylic acids is 3. The number of phenolic OH excluding ortho intramolecular Hbond substituents is 1. The minimum atomic E-state index is -2.98. The van der Waals surface area contributed by atoms with Crippen LogP contribution in [-0.4, -0.2) is 79.7 Å². The highest BCUT2D eigenvalue weighted by Gasteiger charge is 2.68. The molecule has 0 aliphatic heterocycles. The number of phenols is 1. The Bertz CT molecular complexity index is 1540. The van der Waals surface area contributed by atoms with Crippen LogP contribution < -0.4 is 5.73 Å². The Balaban J connectivity index is 1.86. The van der Waals surface area contributed by atoms with Gasteiger partial charge in [-0.1, -0.05) is 46.3 Å². The lowest BCUT2D eigenvalue weighted by molar-refractivity contribution is -0.166. The summed E-state index contributed by atoms with van der Waals surface area (Å²) in [6.07, 6.45) is -0.0577. The molecule has 202 valence electrons. The average molecular weight is 597 g/mol. The second kappa shape index (κ2) is 9.16. The molecule has 1 fully saturated rings. The van der Waals surface area contributed by atoms with Crippen molar-refractivity contribution in [3.63, 3.8) is 0 Å². The molecule has 0 aromatic heterocycles. The summed E-state index contributed by atoms with van der Waals surface area (Å²) in [5, 5.41) is 56.6. The van der Waals surface area contributed by atoms with Crippen molar-refractivity contribution in [3.05, 3.63) is 80.5 Å². The van der Waals surface area contributed by atoms with Crippen LogP contribution in [0.3, 0.4) is 0 Å². The Morgan fingerprint density at radius 3 is 2.31 bits per heavy atom. The summed E-state index contributed by atoms with van der Waals surface area (Å²) < 4.78 is 0.810. The monoisotopic (exact) mass is 596 g/mol. The van der Waals surface area contributed by atoms with Crippen LogP contribution in [-0.2, 0) is 14.4 Å². The molecule has 10 nitrogen and oxygen atoms in total. The second-order valence-corrected chi connectivity index (χ2v) is 11.0. The Kier molecular flexibility index (Phi) is 6.30. The standard InChI is InChI=1S/C28H25BrN2O8/c1-31(2)21-20-23(34)17-14(10-11-6-8-12(29)9-7-11)13-4-3-5-15(32)16(13)22(33)18(17)25(36)28(20,39)26(37)19(24(21)35)27(30)38/h3-10,17,20-21,23,32-34,37,39H,1-2H3,(H2,30,38)/b14-10+/t17-,20-,21+,23+,28+/m0/s1. The Labute approximate surface area is 231 Å². The summed E-state index contributed by atoms with van der Waals surface area (Å²) in [5.74, 6) is -8.83. The zero-order valence-electron chi connectivity index (χ0n) is 20.8. The molecule has 3 aliphatic rings. The number of aliphatic hydroxyl groups is 4. The number of aromatic hydroxyl groups is 1. The molecule has 5 atom stereocenters. The van der Waals surface area contributed by atoms with E-state index in [1.807, 2.05) is 0 Å². The number of amides is 1. The van der Waals surface area contributed by atoms with E-state index in [9.17, 15) is 39.9 Å². The normalized spacial score (nSPS) is 29.4. The topological polar surface area (TPSA) is 182 Å². The lowest BCUT2D eigenvalue weighted by Crippen LogP contribution is -2.70. The van der Waals surface area contributed by atoms with E-state index in [1.54, 1.807) is 36.4 Å². The second-order valence-electron chi connectivity index (χ2n) is 10.1. The molecule has 0 bridgehead atoms. The third-order valence-corrected chi connectivity index (χ3v) is 8.25. The SMILES string of the molecule is CN(C)[C@H]1C(=O)C(C(N)=O)=C(O)[C@]2(O)C(=O)C3=C(O)c4c(O)cccc4/C(=C\c4ccc(Br)cc4)[C@@H]3[C@@H](O)[C@H]12. The number of rotatable bonds is 3. The molecule has 3 aliphatic carbocycles. The molecule has 0 spiro atoms. The largest absolute Gasteiger partial charge is 0.508 e. The number of ketones is 2. The van der Waals surface area contributed by atoms with Gasteiger partial charge in [-0.2, -0.15) is 0 Å². The van der Waals surface area contributed by atoms with Crippen LogP contribution in [0.5, 0.6) is 5.75 Å². The fourth-order valence-electron chi connectivity index (χ4n) is 6.05. The van der Waals surface area contributed by atoms with Gasteiger partial charge in [0.25, 0.3) is 5.91 Å². The fraction of sp³-hybridized carbons (Fsp3) is 0.250. The molecular weight excluding hydrogens is 572 g/mol. The molecule has 0 radical (unpaired) electrons. The predicted octanol–water partition coefficient (Wildman–Crippen LogP) is 1.70. The first kappa shape index (κ1) is 26.8. The average Bonchev–Trinajstić information content (AvgIpc) is 2.86. The van der Waals surface area contributed by atoms with Crippen molar-refractivity contribution in [2.75, 3.05) is 14.1 Å². The van der Waals surface area contributed by atoms with E-state index < -0.39 is 69.7 Å². The van der Waals surface area contributed by atoms with E-state index in [-0.39, 0.29) is 11.3 Å². The summed E-state index contributed by atoms with van der Waals surface area (Å²) in [6.45, 7) is 0. The number of halogens is 1. The molecular formula is C28H25BrN2O8. The summed E-state index contributed by atoms with van der Waals surface area (Å²) in [7, 11) is 2.91. The molecule has 1 saturated carbocycles. The van der Waals surface area contributed by atoms with Crippen molar-refractivity contribution in [2.24, 2.45) is 17.6 Å². The minimum absolute atomic E-state index is 0.107. The van der Waals surface area contributed by atoms with Gasteiger partial charge in [0.1, 0.15) is 22.8 Å². The number of nitrogens with zero attached hydrogens (tertiary/aromatic N) is 1. The third kappa shape index (κ3) is 3.69. The van der Waals surface area contributed by atoms with Crippen LogP contribution in [0.1, 0.15) is 16.7 Å². The lowest BCUT2D eigenvalue weighted by Gasteiger charge is -2.53. The number of primary amides is 1. The number of hydrogen-bond acceptors (Lipinski definition) is 9. The Morgan fingerprint density at radius 1 is 1.08 bits per heavy atom. The number of carbonyl (C=O) groups is 3. The number of Topliss-reactive ketones (excluding diaryl/α,β-unsaturated/α-hetero) is 2. The van der Waals surface area contributed by atoms with Gasteiger partial charge >= 0.3 is 0 Å². The van der Waals surface area contributed by atoms with Crippen LogP contribution in [0.25, 0.3) is 17.4 Å². The van der Waals surface area contributed by atoms with Crippen molar-refractivity contribution in [1.82, 2.24) is 4.90 Å². The number of likely N-dealkylation sites (N-methyl/N-ethyl adjacent to an activating group) is 1. The first-order chi connectivity index (χ1) is 18.3. The Morgan fingerprint density at radius 2 is 1.72 bits per heavy atom. The van der Waals surface area contributed by atoms with E-state index in [0.717, 1.165) is 4.47 Å². The highest BCUT2D eigenvalue weighted by atomic mass is 79.9. The quantitative estimate of drug-likeness (QED) is 0.287. The van der Waals surface area contributed by atoms with Crippen LogP contribution in [0, 0.1) is 11.8 Å². The van der Waals surface area contributed by atoms with Crippen molar-refractivity contribution in [3.8, 4) is 5.75 Å². The molecule has 7 N–H and O–H groups in total. The number of fused-ring (bicyclic) bond motifs is 3. The molecule has 1 amide bonds. The first-order valence-electron chi connectivity index (χ1n) is 11.9. The highest BCUT2D eigenvalue weighted by molar-refractivity contribution is 9.10. The van der Waals surface area contributed by atoms with Crippen LogP contribution in [0.4, 0.5) is 0 Å². The number of nitrogens with two attached hydrogens (primary N) is 1. The summed E-state index contributed by atoms with van der Waals surface area (Å²) in [4.78, 5) is 40.9. The summed E-state index contributed by atoms with van der Waals surface area (Å²) in [6, 6.07) is 10.1. The third-order valence-electron chi connectivity index (χ3n) is 7.72. The maximum absolute atomic E-state index is 14.1. The first-order valence-corrected chi connectivity index (χ1v) is 12.7. The van der Waals surface area contributed by atoms with E-state index >= 15 is 0 Å². The van der Waals surface area contributed by atoms with Gasteiger partial charge in [0, 0.05) is 10.4 Å². The van der Waals surface area contributed by atoms with E-state index in [4.69, 9.17) is 5.73 Å². The van der Waals surface area contributed by atoms with Gasteiger partial charge < -0.3 is 31.3 Å². The van der Waals surface area contributed by atoms with E-state index in [1.165, 1.54) is 31.1 Å². The molecule has 11 heteroatoms. The van der Waals surface area contributed by atoms with Crippen LogP contribution in [0.2, 0.25) is 0 Å². The minimum Gasteiger partial charge on any atom is -0.508 e. The molecule has 0 heterocycles. The van der Waals surface area contributed by atoms with Crippen LogP contribution in [0.15, 0.2) is 63.8 Å². The van der Waals surface area contributed by atoms with Gasteiger partial charge in [-0.3, -0.25) is 19.3 Å². The number of aliphatic hydroxyl groups excluding tert-OH is 3. The smallest absolute Gasteiger partial charge is 0.255 e. The van der Waals surface area contributed by atoms with E-state index in [2.05, 4.69) is 15.9 Å². The van der Waals surface area contributed by atoms with Gasteiger partial charge in [-0.05, 0) is 49.0 Å². The molecule has 2 aromatic carbocycles. The fourth-order valence-corrected chi connectivity index (χ4v) is 6.31. The van der Waals surface area contributed by atoms with Gasteiger partial charge in [-0.15, -0.1) is 0 Å². The highest BCUT2D eigenvalue weighted by Crippen LogP contribution is 2.56. The van der Waals surface area contributed by atoms with Crippen LogP contribution >= 0.6 is 15.9 Å². The maximum Gasteiger partial charge on any atom is 0.255 e. The predicted molar refractivity (Wildman–Crippen MR) is 144 cm³/mol. The van der Waals surface area contributed by atoms with Gasteiger partial charge in [0.2, 0.25) is 5.78 Å². The zero-order valence-corrected chi connectivity index (χ0v) is 22.4. The van der Waals surface area contributed by atoms with Gasteiger partial charge in [0.15, 0.2) is 11.4 Å². The molecule has 39 heavy (non-hydrogen) atoms. The summed E-state index contributed by atoms with van der Waals surface area (Å²) in [5.41, 5.74) is 2.12. The number of benzene rings is 2. The van der Waals surface area contributed by atoms with Crippen molar-refractivity contribution in [1.29, 1.82) is 0 Å². The molecule has 2 aromatic rings. The van der Waals surface area contributed by atoms with Crippen molar-refractivity contribution < 1.29 is 39.9 Å². The lowest BCUT2D eigenvalue weighted by atomic mass is 9.55.